The molecule has 4 heteroatoms. The van der Waals surface area contributed by atoms with Gasteiger partial charge in [-0.2, -0.15) is 0 Å². The van der Waals surface area contributed by atoms with Crippen molar-refractivity contribution in [3.8, 4) is 0 Å². The van der Waals surface area contributed by atoms with E-state index in [4.69, 9.17) is 16.3 Å². The largest absolute Gasteiger partial charge is 0.367 e. The Balaban J connectivity index is 1.96. The van der Waals surface area contributed by atoms with Crippen LogP contribution in [-0.2, 0) is 10.3 Å². The minimum absolute atomic E-state index is 0.285. The van der Waals surface area contributed by atoms with Crippen LogP contribution in [0.25, 0.3) is 0 Å². The summed E-state index contributed by atoms with van der Waals surface area (Å²) >= 11 is 8.38. The Labute approximate surface area is 138 Å². The van der Waals surface area contributed by atoms with Crippen molar-refractivity contribution in [2.45, 2.75) is 12.0 Å². The number of halogens is 2. The Morgan fingerprint density at radius 2 is 2.10 bits per heavy atom. The van der Waals surface area contributed by atoms with Gasteiger partial charge in [0.15, 0.2) is 0 Å². The molecule has 1 saturated heterocycles. The minimum atomic E-state index is -0.285. The van der Waals surface area contributed by atoms with Crippen LogP contribution in [0.2, 0.25) is 5.02 Å². The van der Waals surface area contributed by atoms with Gasteiger partial charge in [0.2, 0.25) is 0 Å². The molecule has 2 aliphatic rings. The standard InChI is InChI=1S/C16H17ClINO/c17-14-5-1-12(2-6-14)16(11-19-9-10-20-16)13-3-7-15(18)8-4-13/h1-3,5-8,13,19H,4,9-11H2. The van der Waals surface area contributed by atoms with Crippen molar-refractivity contribution >= 4 is 34.2 Å². The van der Waals surface area contributed by atoms with Gasteiger partial charge < -0.3 is 10.1 Å². The number of hydrogen-bond acceptors (Lipinski definition) is 2. The highest BCUT2D eigenvalue weighted by atomic mass is 127. The second-order valence-electron chi connectivity index (χ2n) is 5.21. The van der Waals surface area contributed by atoms with Gasteiger partial charge in [-0.3, -0.25) is 0 Å². The van der Waals surface area contributed by atoms with Crippen molar-refractivity contribution in [2.24, 2.45) is 5.92 Å². The van der Waals surface area contributed by atoms with Gasteiger partial charge in [0.05, 0.1) is 6.61 Å². The molecule has 2 nitrogen and oxygen atoms in total. The number of morpholine rings is 1. The van der Waals surface area contributed by atoms with E-state index in [-0.39, 0.29) is 5.60 Å². The Morgan fingerprint density at radius 3 is 2.70 bits per heavy atom. The highest BCUT2D eigenvalue weighted by Gasteiger charge is 2.41. The van der Waals surface area contributed by atoms with E-state index in [0.29, 0.717) is 5.92 Å². The molecular weight excluding hydrogens is 385 g/mol. The summed E-state index contributed by atoms with van der Waals surface area (Å²) in [6, 6.07) is 8.07. The van der Waals surface area contributed by atoms with Crippen LogP contribution in [0.1, 0.15) is 12.0 Å². The summed E-state index contributed by atoms with van der Waals surface area (Å²) < 4.78 is 7.58. The lowest BCUT2D eigenvalue weighted by Gasteiger charge is -2.43. The van der Waals surface area contributed by atoms with Gasteiger partial charge in [-0.05, 0) is 46.7 Å². The summed E-state index contributed by atoms with van der Waals surface area (Å²) in [5, 5.41) is 4.25. The zero-order valence-electron chi connectivity index (χ0n) is 11.1. The van der Waals surface area contributed by atoms with Gasteiger partial charge in [-0.1, -0.05) is 42.0 Å². The molecular formula is C16H17ClINO. The fraction of sp³-hybridized carbons (Fsp3) is 0.375. The van der Waals surface area contributed by atoms with Crippen LogP contribution < -0.4 is 5.32 Å². The molecule has 0 aromatic heterocycles. The molecule has 1 heterocycles. The normalized spacial score (nSPS) is 30.1. The number of rotatable bonds is 2. The van der Waals surface area contributed by atoms with Crippen LogP contribution in [-0.4, -0.2) is 19.7 Å². The van der Waals surface area contributed by atoms with Crippen molar-refractivity contribution < 1.29 is 4.74 Å². The van der Waals surface area contributed by atoms with Crippen LogP contribution in [0.3, 0.4) is 0 Å². The van der Waals surface area contributed by atoms with Crippen molar-refractivity contribution in [1.29, 1.82) is 0 Å². The smallest absolute Gasteiger partial charge is 0.112 e. The molecule has 1 aliphatic heterocycles. The second-order valence-corrected chi connectivity index (χ2v) is 6.89. The molecule has 20 heavy (non-hydrogen) atoms. The monoisotopic (exact) mass is 401 g/mol. The molecule has 1 aromatic carbocycles. The maximum Gasteiger partial charge on any atom is 0.112 e. The number of nitrogens with one attached hydrogen (secondary N) is 1. The molecule has 2 atom stereocenters. The number of benzene rings is 1. The molecule has 1 aromatic rings. The van der Waals surface area contributed by atoms with Gasteiger partial charge in [0.1, 0.15) is 5.60 Å². The SMILES string of the molecule is Clc1ccc(C2(C3C=CC(I)=CC3)CNCCO2)cc1. The Bertz CT molecular complexity index is 532. The molecule has 2 unspecified atom stereocenters. The van der Waals surface area contributed by atoms with E-state index < -0.39 is 0 Å². The fourth-order valence-electron chi connectivity index (χ4n) is 2.94. The van der Waals surface area contributed by atoms with Gasteiger partial charge in [0, 0.05) is 27.6 Å². The predicted octanol–water partition coefficient (Wildman–Crippen LogP) is 4.05. The first-order chi connectivity index (χ1) is 9.71. The first kappa shape index (κ1) is 14.6. The quantitative estimate of drug-likeness (QED) is 0.755. The van der Waals surface area contributed by atoms with Crippen LogP contribution in [0, 0.1) is 5.92 Å². The maximum atomic E-state index is 6.28. The molecule has 0 bridgehead atoms. The Morgan fingerprint density at radius 1 is 1.30 bits per heavy atom. The summed E-state index contributed by atoms with van der Waals surface area (Å²) in [5.41, 5.74) is 0.918. The molecule has 0 spiro atoms. The van der Waals surface area contributed by atoms with Crippen LogP contribution in [0.15, 0.2) is 46.1 Å². The molecule has 1 N–H and O–H groups in total. The predicted molar refractivity (Wildman–Crippen MR) is 91.3 cm³/mol. The van der Waals surface area contributed by atoms with Crippen LogP contribution in [0.4, 0.5) is 0 Å². The van der Waals surface area contributed by atoms with E-state index in [9.17, 15) is 0 Å². The van der Waals surface area contributed by atoms with Crippen molar-refractivity contribution in [3.63, 3.8) is 0 Å². The minimum Gasteiger partial charge on any atom is -0.367 e. The summed E-state index contributed by atoms with van der Waals surface area (Å²) in [7, 11) is 0. The van der Waals surface area contributed by atoms with Gasteiger partial charge in [-0.25, -0.2) is 0 Å². The lowest BCUT2D eigenvalue weighted by molar-refractivity contribution is -0.0989. The van der Waals surface area contributed by atoms with E-state index >= 15 is 0 Å². The Hall–Kier alpha value is -0.360. The topological polar surface area (TPSA) is 21.3 Å². The van der Waals surface area contributed by atoms with Crippen molar-refractivity contribution in [3.05, 3.63) is 56.7 Å². The number of hydrogen-bond donors (Lipinski definition) is 1. The number of allylic oxidation sites excluding steroid dienone is 3. The molecule has 1 aliphatic carbocycles. The first-order valence-electron chi connectivity index (χ1n) is 6.85. The third-order valence-corrected chi connectivity index (χ3v) is 5.06. The van der Waals surface area contributed by atoms with E-state index in [1.807, 2.05) is 12.1 Å². The zero-order chi connectivity index (χ0) is 14.0. The van der Waals surface area contributed by atoms with Crippen LogP contribution in [0.5, 0.6) is 0 Å². The zero-order valence-corrected chi connectivity index (χ0v) is 14.0. The lowest BCUT2D eigenvalue weighted by atomic mass is 9.77. The van der Waals surface area contributed by atoms with Crippen molar-refractivity contribution in [1.82, 2.24) is 5.32 Å². The summed E-state index contributed by atoms with van der Waals surface area (Å²) in [6.45, 7) is 2.50. The third-order valence-electron chi connectivity index (χ3n) is 4.01. The summed E-state index contributed by atoms with van der Waals surface area (Å²) in [6.07, 6.45) is 7.76. The molecule has 106 valence electrons. The highest BCUT2D eigenvalue weighted by molar-refractivity contribution is 14.1. The molecule has 0 amide bonds. The maximum absolute atomic E-state index is 6.28. The second kappa shape index (κ2) is 6.18. The summed E-state index contributed by atoms with van der Waals surface area (Å²) in [5.74, 6) is 0.356. The van der Waals surface area contributed by atoms with E-state index in [2.05, 4.69) is 58.3 Å². The fourth-order valence-corrected chi connectivity index (χ4v) is 3.53. The molecule has 0 radical (unpaired) electrons. The lowest BCUT2D eigenvalue weighted by Crippen LogP contribution is -2.51. The van der Waals surface area contributed by atoms with E-state index in [1.54, 1.807) is 0 Å². The number of ether oxygens (including phenoxy) is 1. The van der Waals surface area contributed by atoms with Crippen LogP contribution >= 0.6 is 34.2 Å². The van der Waals surface area contributed by atoms with Crippen molar-refractivity contribution in [2.75, 3.05) is 19.7 Å². The first-order valence-corrected chi connectivity index (χ1v) is 8.31. The van der Waals surface area contributed by atoms with Gasteiger partial charge in [0.25, 0.3) is 0 Å². The molecule has 1 fully saturated rings. The van der Waals surface area contributed by atoms with Gasteiger partial charge in [-0.15, -0.1) is 0 Å². The average Bonchev–Trinajstić information content (AvgIpc) is 2.49. The third kappa shape index (κ3) is 2.82. The van der Waals surface area contributed by atoms with Gasteiger partial charge >= 0.3 is 0 Å². The molecule has 0 saturated carbocycles. The highest BCUT2D eigenvalue weighted by Crippen LogP contribution is 2.40. The average molecular weight is 402 g/mol. The van der Waals surface area contributed by atoms with E-state index in [0.717, 1.165) is 31.1 Å². The Kier molecular flexibility index (Phi) is 4.50. The molecule has 3 rings (SSSR count). The van der Waals surface area contributed by atoms with E-state index in [1.165, 1.54) is 9.14 Å². The summed E-state index contributed by atoms with van der Waals surface area (Å²) in [4.78, 5) is 0.